The molecular formula is C40H34. The van der Waals surface area contributed by atoms with E-state index in [9.17, 15) is 0 Å². The van der Waals surface area contributed by atoms with Gasteiger partial charge in [-0.1, -0.05) is 133 Å². The lowest BCUT2D eigenvalue weighted by atomic mass is 9.85. The van der Waals surface area contributed by atoms with Gasteiger partial charge in [0.15, 0.2) is 0 Å². The fourth-order valence-electron chi connectivity index (χ4n) is 7.22. The molecule has 0 heteroatoms. The van der Waals surface area contributed by atoms with Gasteiger partial charge in [-0.3, -0.25) is 0 Å². The zero-order valence-corrected chi connectivity index (χ0v) is 24.2. The first-order chi connectivity index (χ1) is 19.1. The number of fused-ring (bicyclic) bond motifs is 7. The summed E-state index contributed by atoms with van der Waals surface area (Å²) in [5.74, 6) is 0. The average Bonchev–Trinajstić information content (AvgIpc) is 3.43. The first-order valence-corrected chi connectivity index (χ1v) is 14.5. The van der Waals surface area contributed by atoms with Crippen molar-refractivity contribution in [2.75, 3.05) is 0 Å². The molecule has 0 bridgehead atoms. The molecule has 8 rings (SSSR count). The second-order valence-electron chi connectivity index (χ2n) is 13.8. The van der Waals surface area contributed by atoms with Crippen molar-refractivity contribution in [3.63, 3.8) is 0 Å². The lowest BCUT2D eigenvalue weighted by molar-refractivity contribution is 0.590. The standard InChI is InChI=1S/C40H34/c1-39(2,3)25-18-16-24(17-19-25)34-31-15-9-12-27-32-22-26(40(4,5)6)20-21-28(32)36(35(27)31)38-30-14-8-11-23-10-7-13-29(33(23)30)37(34)38/h7-22H,1-6H3. The molecule has 0 unspecified atom stereocenters. The van der Waals surface area contributed by atoms with Crippen LogP contribution in [0.5, 0.6) is 0 Å². The molecule has 0 aromatic heterocycles. The van der Waals surface area contributed by atoms with Crippen LogP contribution in [0.2, 0.25) is 0 Å². The third-order valence-electron chi connectivity index (χ3n) is 9.26. The summed E-state index contributed by atoms with van der Waals surface area (Å²) < 4.78 is 0. The van der Waals surface area contributed by atoms with Crippen LogP contribution in [-0.2, 0) is 10.8 Å². The summed E-state index contributed by atoms with van der Waals surface area (Å²) in [6.07, 6.45) is 0. The highest BCUT2D eigenvalue weighted by Gasteiger charge is 2.25. The van der Waals surface area contributed by atoms with E-state index in [2.05, 4.69) is 139 Å². The van der Waals surface area contributed by atoms with Crippen LogP contribution in [0, 0.1) is 0 Å². The number of benzene rings is 6. The monoisotopic (exact) mass is 514 g/mol. The van der Waals surface area contributed by atoms with Crippen LogP contribution < -0.4 is 0 Å². The van der Waals surface area contributed by atoms with Gasteiger partial charge in [0.2, 0.25) is 0 Å². The van der Waals surface area contributed by atoms with Crippen LogP contribution in [0.25, 0.3) is 75.8 Å². The first-order valence-electron chi connectivity index (χ1n) is 14.5. The summed E-state index contributed by atoms with van der Waals surface area (Å²) >= 11 is 0. The molecule has 0 aliphatic heterocycles. The predicted molar refractivity (Wildman–Crippen MR) is 177 cm³/mol. The van der Waals surface area contributed by atoms with Crippen LogP contribution in [0.4, 0.5) is 0 Å². The maximum absolute atomic E-state index is 2.46. The SMILES string of the molecule is CC(C)(C)c1ccc(-c2c3cccc4c5cc(C(C)(C)C)ccc5c(c34)c3c4cccc5cccc(c23)c54)cc1. The van der Waals surface area contributed by atoms with Gasteiger partial charge in [-0.05, 0) is 104 Å². The van der Waals surface area contributed by atoms with Gasteiger partial charge in [-0.25, -0.2) is 0 Å². The third kappa shape index (κ3) is 3.08. The quantitative estimate of drug-likeness (QED) is 0.204. The molecule has 0 nitrogen and oxygen atoms in total. The van der Waals surface area contributed by atoms with Gasteiger partial charge in [0, 0.05) is 0 Å². The Balaban J connectivity index is 1.65. The minimum atomic E-state index is 0.0986. The van der Waals surface area contributed by atoms with Crippen LogP contribution in [-0.4, -0.2) is 0 Å². The van der Waals surface area contributed by atoms with Crippen LogP contribution in [0.1, 0.15) is 52.7 Å². The lowest BCUT2D eigenvalue weighted by Crippen LogP contribution is -2.10. The van der Waals surface area contributed by atoms with Gasteiger partial charge in [0.25, 0.3) is 0 Å². The summed E-state index contributed by atoms with van der Waals surface area (Å²) in [5.41, 5.74) is 5.63. The third-order valence-corrected chi connectivity index (χ3v) is 9.26. The molecule has 8 aromatic rings. The van der Waals surface area contributed by atoms with Crippen molar-refractivity contribution in [2.24, 2.45) is 0 Å². The highest BCUT2D eigenvalue weighted by atomic mass is 14.3. The van der Waals surface area contributed by atoms with Crippen molar-refractivity contribution >= 4 is 64.6 Å². The molecule has 0 aliphatic carbocycles. The second kappa shape index (κ2) is 7.73. The minimum Gasteiger partial charge on any atom is -0.0610 e. The molecule has 0 N–H and O–H groups in total. The molecule has 0 saturated heterocycles. The molecule has 0 amide bonds. The Morgan fingerprint density at radius 3 is 1.57 bits per heavy atom. The fraction of sp³-hybridized carbons (Fsp3) is 0.200. The van der Waals surface area contributed by atoms with E-state index in [1.165, 1.54) is 86.9 Å². The molecule has 0 saturated carbocycles. The zero-order valence-electron chi connectivity index (χ0n) is 24.2. The van der Waals surface area contributed by atoms with E-state index in [1.807, 2.05) is 0 Å². The van der Waals surface area contributed by atoms with Crippen LogP contribution in [0.3, 0.4) is 0 Å². The topological polar surface area (TPSA) is 0 Å². The highest BCUT2D eigenvalue weighted by molar-refractivity contribution is 6.48. The summed E-state index contributed by atoms with van der Waals surface area (Å²) in [6.45, 7) is 13.8. The van der Waals surface area contributed by atoms with Crippen molar-refractivity contribution in [2.45, 2.75) is 52.4 Å². The van der Waals surface area contributed by atoms with E-state index >= 15 is 0 Å². The van der Waals surface area contributed by atoms with Crippen molar-refractivity contribution in [1.29, 1.82) is 0 Å². The molecule has 0 atom stereocenters. The van der Waals surface area contributed by atoms with E-state index in [0.717, 1.165) is 0 Å². The van der Waals surface area contributed by atoms with Crippen molar-refractivity contribution in [3.8, 4) is 11.1 Å². The number of rotatable bonds is 1. The van der Waals surface area contributed by atoms with Crippen molar-refractivity contribution in [3.05, 3.63) is 108 Å². The normalized spacial score (nSPS) is 13.2. The summed E-state index contributed by atoms with van der Waals surface area (Å²) in [7, 11) is 0. The predicted octanol–water partition coefficient (Wildman–Crippen LogP) is 11.7. The van der Waals surface area contributed by atoms with E-state index in [4.69, 9.17) is 0 Å². The molecule has 0 heterocycles. The maximum atomic E-state index is 2.46. The number of hydrogen-bond donors (Lipinski definition) is 0. The zero-order chi connectivity index (χ0) is 27.6. The van der Waals surface area contributed by atoms with Crippen LogP contribution >= 0.6 is 0 Å². The summed E-state index contributed by atoms with van der Waals surface area (Å²) in [4.78, 5) is 0. The van der Waals surface area contributed by atoms with Gasteiger partial charge < -0.3 is 0 Å². The Bertz CT molecular complexity index is 2240. The lowest BCUT2D eigenvalue weighted by Gasteiger charge is -2.20. The Labute approximate surface area is 235 Å². The highest BCUT2D eigenvalue weighted by Crippen LogP contribution is 2.53. The number of hydrogen-bond acceptors (Lipinski definition) is 0. The van der Waals surface area contributed by atoms with Crippen LogP contribution in [0.15, 0.2) is 97.1 Å². The maximum Gasteiger partial charge on any atom is -0.000697 e. The molecule has 0 aliphatic rings. The minimum absolute atomic E-state index is 0.0986. The smallest absolute Gasteiger partial charge is 0.000697 e. The Morgan fingerprint density at radius 2 is 0.900 bits per heavy atom. The van der Waals surface area contributed by atoms with Gasteiger partial charge in [-0.2, -0.15) is 0 Å². The second-order valence-corrected chi connectivity index (χ2v) is 13.8. The Morgan fingerprint density at radius 1 is 0.375 bits per heavy atom. The first kappa shape index (κ1) is 23.7. The summed E-state index contributed by atoms with van der Waals surface area (Å²) in [5, 5.41) is 16.5. The molecule has 8 aromatic carbocycles. The van der Waals surface area contributed by atoms with E-state index < -0.39 is 0 Å². The largest absolute Gasteiger partial charge is 0.0610 e. The fourth-order valence-corrected chi connectivity index (χ4v) is 7.22. The molecule has 40 heavy (non-hydrogen) atoms. The Kier molecular flexibility index (Phi) is 4.58. The van der Waals surface area contributed by atoms with Crippen molar-refractivity contribution in [1.82, 2.24) is 0 Å². The average molecular weight is 515 g/mol. The van der Waals surface area contributed by atoms with Gasteiger partial charge >= 0.3 is 0 Å². The van der Waals surface area contributed by atoms with E-state index in [0.29, 0.717) is 0 Å². The van der Waals surface area contributed by atoms with E-state index in [-0.39, 0.29) is 10.8 Å². The van der Waals surface area contributed by atoms with Crippen molar-refractivity contribution < 1.29 is 0 Å². The Hall–Kier alpha value is -4.16. The van der Waals surface area contributed by atoms with Gasteiger partial charge in [-0.15, -0.1) is 0 Å². The molecule has 194 valence electrons. The molecular weight excluding hydrogens is 480 g/mol. The van der Waals surface area contributed by atoms with E-state index in [1.54, 1.807) is 0 Å². The molecule has 0 spiro atoms. The van der Waals surface area contributed by atoms with Gasteiger partial charge in [0.05, 0.1) is 0 Å². The van der Waals surface area contributed by atoms with Gasteiger partial charge in [0.1, 0.15) is 0 Å². The summed E-state index contributed by atoms with van der Waals surface area (Å²) in [6, 6.07) is 37.2. The molecule has 0 radical (unpaired) electrons. The molecule has 0 fully saturated rings.